The number of rotatable bonds is 1. The summed E-state index contributed by atoms with van der Waals surface area (Å²) < 4.78 is 6.42. The summed E-state index contributed by atoms with van der Waals surface area (Å²) in [5.41, 5.74) is 6.11. The summed E-state index contributed by atoms with van der Waals surface area (Å²) in [6, 6.07) is 10.0. The summed E-state index contributed by atoms with van der Waals surface area (Å²) in [5.74, 6) is -0.622. The Balaban J connectivity index is 0.000000177. The molecule has 1 aromatic heterocycles. The van der Waals surface area contributed by atoms with Crippen LogP contribution in [0.4, 0.5) is 5.69 Å². The minimum absolute atomic E-state index is 0.124. The van der Waals surface area contributed by atoms with Gasteiger partial charge in [-0.2, -0.15) is 0 Å². The van der Waals surface area contributed by atoms with Crippen molar-refractivity contribution in [2.24, 2.45) is 0 Å². The highest BCUT2D eigenvalue weighted by Gasteiger charge is 2.06. The number of anilines is 1. The lowest BCUT2D eigenvalue weighted by atomic mass is 10.2. The zero-order valence-corrected chi connectivity index (χ0v) is 15.6. The normalized spacial score (nSPS) is 10.1. The van der Waals surface area contributed by atoms with Gasteiger partial charge >= 0.3 is 11.6 Å². The molecular formula is C16H12Br2N2O4. The number of fused-ring (bicyclic) bond motifs is 1. The highest BCUT2D eigenvalue weighted by atomic mass is 79.9. The van der Waals surface area contributed by atoms with Crippen LogP contribution in [0.25, 0.3) is 10.9 Å². The Kier molecular flexibility index (Phi) is 5.74. The van der Waals surface area contributed by atoms with Crippen molar-refractivity contribution in [3.8, 4) is 0 Å². The van der Waals surface area contributed by atoms with Gasteiger partial charge in [-0.25, -0.2) is 14.6 Å². The minimum Gasteiger partial charge on any atom is -0.478 e. The van der Waals surface area contributed by atoms with Gasteiger partial charge in [-0.1, -0.05) is 31.9 Å². The van der Waals surface area contributed by atoms with Crippen molar-refractivity contribution in [1.29, 1.82) is 0 Å². The van der Waals surface area contributed by atoms with Gasteiger partial charge < -0.3 is 15.3 Å². The number of carbonyl (C=O) groups is 1. The average molecular weight is 456 g/mol. The highest BCUT2D eigenvalue weighted by Crippen LogP contribution is 2.18. The third-order valence-electron chi connectivity index (χ3n) is 2.94. The van der Waals surface area contributed by atoms with Crippen LogP contribution in [-0.4, -0.2) is 16.1 Å². The molecule has 0 unspecified atom stereocenters. The molecule has 0 spiro atoms. The molecule has 0 fully saturated rings. The number of aromatic carboxylic acids is 1. The molecule has 124 valence electrons. The fourth-order valence-corrected chi connectivity index (χ4v) is 2.59. The van der Waals surface area contributed by atoms with Crippen molar-refractivity contribution in [3.63, 3.8) is 0 Å². The second-order valence-corrected chi connectivity index (χ2v) is 6.55. The lowest BCUT2D eigenvalue weighted by Gasteiger charge is -1.99. The van der Waals surface area contributed by atoms with Gasteiger partial charge in [0.2, 0.25) is 0 Å². The fraction of sp³-hybridized carbons (Fsp3) is 0.0625. The first kappa shape index (κ1) is 18.2. The van der Waals surface area contributed by atoms with E-state index in [-0.39, 0.29) is 16.9 Å². The lowest BCUT2D eigenvalue weighted by Crippen LogP contribution is -2.02. The minimum atomic E-state index is -1.01. The number of aryl methyl sites for hydroxylation is 1. The van der Waals surface area contributed by atoms with E-state index in [0.29, 0.717) is 21.3 Å². The van der Waals surface area contributed by atoms with E-state index in [2.05, 4.69) is 36.8 Å². The van der Waals surface area contributed by atoms with E-state index in [9.17, 15) is 9.59 Å². The van der Waals surface area contributed by atoms with Crippen molar-refractivity contribution < 1.29 is 14.3 Å². The van der Waals surface area contributed by atoms with Gasteiger partial charge in [0.05, 0.1) is 16.5 Å². The Bertz CT molecular complexity index is 970. The predicted molar refractivity (Wildman–Crippen MR) is 98.2 cm³/mol. The number of benzene rings is 2. The Hall–Kier alpha value is -2.19. The molecule has 0 saturated carbocycles. The second kappa shape index (κ2) is 7.59. The maximum atomic E-state index is 11.3. The number of nitrogens with two attached hydrogens (primary N) is 1. The molecular weight excluding hydrogens is 444 g/mol. The molecule has 0 saturated heterocycles. The van der Waals surface area contributed by atoms with Crippen LogP contribution in [0.1, 0.15) is 16.2 Å². The Morgan fingerprint density at radius 1 is 1.17 bits per heavy atom. The zero-order valence-electron chi connectivity index (χ0n) is 12.4. The highest BCUT2D eigenvalue weighted by molar-refractivity contribution is 9.10. The summed E-state index contributed by atoms with van der Waals surface area (Å²) in [7, 11) is 0. The van der Waals surface area contributed by atoms with E-state index in [1.807, 2.05) is 6.07 Å². The van der Waals surface area contributed by atoms with Crippen LogP contribution in [-0.2, 0) is 0 Å². The zero-order chi connectivity index (χ0) is 17.9. The molecule has 0 bridgehead atoms. The molecule has 3 N–H and O–H groups in total. The SMILES string of the molecule is Cc1nc2ccc(Br)cc2c(=O)o1.Nc1ccc(Br)cc1C(=O)O. The molecule has 2 aromatic carbocycles. The van der Waals surface area contributed by atoms with Crippen molar-refractivity contribution >= 4 is 54.4 Å². The van der Waals surface area contributed by atoms with Crippen LogP contribution < -0.4 is 11.4 Å². The topological polar surface area (TPSA) is 106 Å². The monoisotopic (exact) mass is 454 g/mol. The molecule has 0 aliphatic heterocycles. The summed E-state index contributed by atoms with van der Waals surface area (Å²) in [5, 5.41) is 9.09. The van der Waals surface area contributed by atoms with E-state index >= 15 is 0 Å². The predicted octanol–water partition coefficient (Wildman–Crippen LogP) is 3.99. The van der Waals surface area contributed by atoms with Crippen LogP contribution in [0, 0.1) is 6.92 Å². The van der Waals surface area contributed by atoms with Gasteiger partial charge in [-0.15, -0.1) is 0 Å². The van der Waals surface area contributed by atoms with E-state index in [1.54, 1.807) is 31.2 Å². The van der Waals surface area contributed by atoms with E-state index < -0.39 is 5.97 Å². The van der Waals surface area contributed by atoms with Gasteiger partial charge in [-0.05, 0) is 36.4 Å². The average Bonchev–Trinajstić information content (AvgIpc) is 2.51. The summed E-state index contributed by atoms with van der Waals surface area (Å²) in [4.78, 5) is 25.9. The van der Waals surface area contributed by atoms with E-state index in [0.717, 1.165) is 4.47 Å². The maximum absolute atomic E-state index is 11.3. The quantitative estimate of drug-likeness (QED) is 0.537. The van der Waals surface area contributed by atoms with Gasteiger partial charge in [0, 0.05) is 21.6 Å². The van der Waals surface area contributed by atoms with Crippen LogP contribution >= 0.6 is 31.9 Å². The smallest absolute Gasteiger partial charge is 0.346 e. The van der Waals surface area contributed by atoms with Crippen LogP contribution in [0.3, 0.4) is 0 Å². The molecule has 1 heterocycles. The number of carboxylic acids is 1. The third kappa shape index (κ3) is 4.42. The Morgan fingerprint density at radius 3 is 2.42 bits per heavy atom. The van der Waals surface area contributed by atoms with E-state index in [1.165, 1.54) is 6.07 Å². The van der Waals surface area contributed by atoms with Gasteiger partial charge in [0.1, 0.15) is 0 Å². The first-order valence-corrected chi connectivity index (χ1v) is 8.22. The molecule has 24 heavy (non-hydrogen) atoms. The molecule has 0 atom stereocenters. The number of nitrogens with zero attached hydrogens (tertiary/aromatic N) is 1. The van der Waals surface area contributed by atoms with Crippen molar-refractivity contribution in [2.75, 3.05) is 5.73 Å². The number of halogens is 2. The number of aromatic nitrogens is 1. The molecule has 6 nitrogen and oxygen atoms in total. The summed E-state index contributed by atoms with van der Waals surface area (Å²) in [6.07, 6.45) is 0. The number of hydrogen-bond donors (Lipinski definition) is 2. The Labute approximate surface area is 153 Å². The largest absolute Gasteiger partial charge is 0.478 e. The van der Waals surface area contributed by atoms with Crippen LogP contribution in [0.2, 0.25) is 0 Å². The van der Waals surface area contributed by atoms with Gasteiger partial charge in [0.25, 0.3) is 0 Å². The van der Waals surface area contributed by atoms with Crippen LogP contribution in [0.15, 0.2) is 54.6 Å². The molecule has 0 radical (unpaired) electrons. The van der Waals surface area contributed by atoms with Crippen LogP contribution in [0.5, 0.6) is 0 Å². The number of carboxylic acid groups (broad SMARTS) is 1. The number of hydrogen-bond acceptors (Lipinski definition) is 5. The summed E-state index contributed by atoms with van der Waals surface area (Å²) >= 11 is 6.42. The molecule has 0 aliphatic rings. The van der Waals surface area contributed by atoms with Crippen molar-refractivity contribution in [2.45, 2.75) is 6.92 Å². The second-order valence-electron chi connectivity index (χ2n) is 4.72. The Morgan fingerprint density at radius 2 is 1.79 bits per heavy atom. The molecule has 8 heteroatoms. The number of nitrogen functional groups attached to an aromatic ring is 1. The van der Waals surface area contributed by atoms with Crippen molar-refractivity contribution in [1.82, 2.24) is 4.98 Å². The fourth-order valence-electron chi connectivity index (χ4n) is 1.86. The van der Waals surface area contributed by atoms with Crippen molar-refractivity contribution in [3.05, 3.63) is 67.2 Å². The standard InChI is InChI=1S/C9H6BrNO2.C7H6BrNO2/c1-5-11-8-3-2-6(10)4-7(8)9(12)13-5;8-4-1-2-6(9)5(3-4)7(10)11/h2-4H,1H3;1-3H,9H2,(H,10,11). The molecule has 3 aromatic rings. The molecule has 0 aliphatic carbocycles. The maximum Gasteiger partial charge on any atom is 0.346 e. The third-order valence-corrected chi connectivity index (χ3v) is 3.93. The van der Waals surface area contributed by atoms with Gasteiger partial charge in [0.15, 0.2) is 5.89 Å². The first-order chi connectivity index (χ1) is 11.3. The lowest BCUT2D eigenvalue weighted by molar-refractivity contribution is 0.0698. The van der Waals surface area contributed by atoms with Gasteiger partial charge in [-0.3, -0.25) is 0 Å². The molecule has 0 amide bonds. The summed E-state index contributed by atoms with van der Waals surface area (Å²) in [6.45, 7) is 1.66. The van der Waals surface area contributed by atoms with E-state index in [4.69, 9.17) is 15.3 Å². The molecule has 3 rings (SSSR count). The first-order valence-electron chi connectivity index (χ1n) is 6.63.